The summed E-state index contributed by atoms with van der Waals surface area (Å²) in [6.45, 7) is 6.60. The van der Waals surface area contributed by atoms with Gasteiger partial charge in [-0.3, -0.25) is 4.79 Å². The van der Waals surface area contributed by atoms with Crippen molar-refractivity contribution in [2.45, 2.75) is 38.8 Å². The molecule has 0 heterocycles. The van der Waals surface area contributed by atoms with Crippen LogP contribution in [0.3, 0.4) is 0 Å². The van der Waals surface area contributed by atoms with Gasteiger partial charge in [-0.15, -0.1) is 0 Å². The number of halogens is 2. The topological polar surface area (TPSA) is 75.3 Å². The fraction of sp³-hybridized carbons (Fsp3) is 0.462. The molecule has 106 valence electrons. The van der Waals surface area contributed by atoms with Crippen molar-refractivity contribution in [1.82, 2.24) is 5.32 Å². The minimum atomic E-state index is -1.11. The van der Waals surface area contributed by atoms with Crippen molar-refractivity contribution in [3.05, 3.63) is 28.0 Å². The van der Waals surface area contributed by atoms with Crippen molar-refractivity contribution in [3.63, 3.8) is 0 Å². The van der Waals surface area contributed by atoms with E-state index in [0.29, 0.717) is 4.47 Å². The van der Waals surface area contributed by atoms with Gasteiger partial charge in [0.25, 0.3) is 5.91 Å². The molecule has 0 saturated heterocycles. The standard InChI is InChI=1S/C13H18BrFN2O2/c1-12(2,13(3,4)19)17-11(18)7-5-10(16)9(15)6-8(7)14/h5-6,19H,16H2,1-4H3,(H,17,18). The van der Waals surface area contributed by atoms with Crippen LogP contribution in [0.15, 0.2) is 16.6 Å². The molecule has 4 N–H and O–H groups in total. The lowest BCUT2D eigenvalue weighted by molar-refractivity contribution is -0.00294. The molecule has 4 nitrogen and oxygen atoms in total. The third-order valence-electron chi connectivity index (χ3n) is 3.29. The van der Waals surface area contributed by atoms with Crippen LogP contribution in [0.4, 0.5) is 10.1 Å². The Bertz CT molecular complexity index is 510. The Labute approximate surface area is 120 Å². The Morgan fingerprint density at radius 1 is 1.37 bits per heavy atom. The number of anilines is 1. The molecule has 0 aliphatic carbocycles. The first-order valence-corrected chi connectivity index (χ1v) is 6.54. The lowest BCUT2D eigenvalue weighted by Crippen LogP contribution is -2.57. The molecule has 0 atom stereocenters. The van der Waals surface area contributed by atoms with E-state index < -0.39 is 22.9 Å². The van der Waals surface area contributed by atoms with Crippen molar-refractivity contribution >= 4 is 27.5 Å². The van der Waals surface area contributed by atoms with Crippen LogP contribution in [0.5, 0.6) is 0 Å². The Hall–Kier alpha value is -1.14. The summed E-state index contributed by atoms with van der Waals surface area (Å²) < 4.78 is 13.5. The van der Waals surface area contributed by atoms with Crippen molar-refractivity contribution in [3.8, 4) is 0 Å². The number of nitrogens with one attached hydrogen (secondary N) is 1. The van der Waals surface area contributed by atoms with Crippen LogP contribution in [0.1, 0.15) is 38.1 Å². The van der Waals surface area contributed by atoms with Gasteiger partial charge in [-0.1, -0.05) is 0 Å². The van der Waals surface area contributed by atoms with Crippen LogP contribution in [0.25, 0.3) is 0 Å². The average molecular weight is 333 g/mol. The predicted octanol–water partition coefficient (Wildman–Crippen LogP) is 2.45. The summed E-state index contributed by atoms with van der Waals surface area (Å²) in [6, 6.07) is 2.40. The Morgan fingerprint density at radius 2 is 1.89 bits per heavy atom. The number of nitrogens with two attached hydrogens (primary N) is 1. The van der Waals surface area contributed by atoms with Gasteiger partial charge in [-0.25, -0.2) is 4.39 Å². The first-order valence-electron chi connectivity index (χ1n) is 5.75. The largest absolute Gasteiger partial charge is 0.396 e. The third-order valence-corrected chi connectivity index (χ3v) is 3.94. The molecule has 1 rings (SSSR count). The normalized spacial score (nSPS) is 12.4. The Morgan fingerprint density at radius 3 is 2.37 bits per heavy atom. The molecule has 0 aliphatic rings. The number of nitrogen functional groups attached to an aromatic ring is 1. The molecule has 1 amide bonds. The van der Waals surface area contributed by atoms with Crippen LogP contribution in [0.2, 0.25) is 0 Å². The highest BCUT2D eigenvalue weighted by atomic mass is 79.9. The summed E-state index contributed by atoms with van der Waals surface area (Å²) in [6.07, 6.45) is 0. The number of amides is 1. The second kappa shape index (κ2) is 5.09. The van der Waals surface area contributed by atoms with Gasteiger partial charge in [0.2, 0.25) is 0 Å². The van der Waals surface area contributed by atoms with Crippen LogP contribution >= 0.6 is 15.9 Å². The highest BCUT2D eigenvalue weighted by Crippen LogP contribution is 2.25. The van der Waals surface area contributed by atoms with Gasteiger partial charge in [0.1, 0.15) is 5.82 Å². The zero-order valence-corrected chi connectivity index (χ0v) is 12.9. The number of benzene rings is 1. The second-order valence-corrected chi connectivity index (χ2v) is 6.35. The SMILES string of the molecule is CC(C)(O)C(C)(C)NC(=O)c1cc(N)c(F)cc1Br. The number of hydrogen-bond donors (Lipinski definition) is 3. The van der Waals surface area contributed by atoms with Crippen LogP contribution in [-0.2, 0) is 0 Å². The van der Waals surface area contributed by atoms with E-state index in [4.69, 9.17) is 5.73 Å². The monoisotopic (exact) mass is 332 g/mol. The first kappa shape index (κ1) is 15.9. The molecule has 0 aromatic heterocycles. The Balaban J connectivity index is 3.06. The highest BCUT2D eigenvalue weighted by molar-refractivity contribution is 9.10. The lowest BCUT2D eigenvalue weighted by atomic mass is 9.85. The second-order valence-electron chi connectivity index (χ2n) is 5.49. The molecule has 0 radical (unpaired) electrons. The van der Waals surface area contributed by atoms with E-state index in [1.807, 2.05) is 0 Å². The van der Waals surface area contributed by atoms with Crippen molar-refractivity contribution in [2.75, 3.05) is 5.73 Å². The van der Waals surface area contributed by atoms with Gasteiger partial charge >= 0.3 is 0 Å². The van der Waals surface area contributed by atoms with E-state index >= 15 is 0 Å². The molecule has 0 aliphatic heterocycles. The molecular formula is C13H18BrFN2O2. The quantitative estimate of drug-likeness (QED) is 0.744. The molecule has 0 spiro atoms. The van der Waals surface area contributed by atoms with E-state index in [2.05, 4.69) is 21.2 Å². The smallest absolute Gasteiger partial charge is 0.253 e. The summed E-state index contributed by atoms with van der Waals surface area (Å²) in [4.78, 5) is 12.2. The number of carbonyl (C=O) groups is 1. The number of carbonyl (C=O) groups excluding carboxylic acids is 1. The van der Waals surface area contributed by atoms with E-state index in [9.17, 15) is 14.3 Å². The molecule has 0 unspecified atom stereocenters. The van der Waals surface area contributed by atoms with Crippen LogP contribution in [0, 0.1) is 5.82 Å². The maximum absolute atomic E-state index is 13.2. The average Bonchev–Trinajstić information content (AvgIpc) is 2.20. The number of hydrogen-bond acceptors (Lipinski definition) is 3. The maximum atomic E-state index is 13.2. The molecule has 19 heavy (non-hydrogen) atoms. The number of aliphatic hydroxyl groups is 1. The molecule has 0 saturated carbocycles. The third kappa shape index (κ3) is 3.45. The van der Waals surface area contributed by atoms with Gasteiger partial charge < -0.3 is 16.2 Å². The fourth-order valence-corrected chi connectivity index (χ4v) is 1.74. The fourth-order valence-electron chi connectivity index (χ4n) is 1.24. The van der Waals surface area contributed by atoms with Crippen LogP contribution in [-0.4, -0.2) is 22.2 Å². The zero-order valence-electron chi connectivity index (χ0n) is 11.3. The predicted molar refractivity (Wildman–Crippen MR) is 76.4 cm³/mol. The summed E-state index contributed by atoms with van der Waals surface area (Å²) in [5.74, 6) is -1.03. The molecular weight excluding hydrogens is 315 g/mol. The van der Waals surface area contributed by atoms with Gasteiger partial charge in [0.05, 0.1) is 22.4 Å². The molecule has 1 aromatic rings. The lowest BCUT2D eigenvalue weighted by Gasteiger charge is -2.38. The highest BCUT2D eigenvalue weighted by Gasteiger charge is 2.36. The maximum Gasteiger partial charge on any atom is 0.253 e. The van der Waals surface area contributed by atoms with Gasteiger partial charge in [-0.2, -0.15) is 0 Å². The van der Waals surface area contributed by atoms with E-state index in [0.717, 1.165) is 6.07 Å². The number of rotatable bonds is 3. The van der Waals surface area contributed by atoms with Gasteiger partial charge in [-0.05, 0) is 55.8 Å². The van der Waals surface area contributed by atoms with Crippen LogP contribution < -0.4 is 11.1 Å². The molecule has 1 aromatic carbocycles. The Kier molecular flexibility index (Phi) is 4.27. The van der Waals surface area contributed by atoms with Crippen molar-refractivity contribution in [1.29, 1.82) is 0 Å². The van der Waals surface area contributed by atoms with Crippen molar-refractivity contribution < 1.29 is 14.3 Å². The minimum Gasteiger partial charge on any atom is -0.396 e. The summed E-state index contributed by atoms with van der Waals surface area (Å²) in [5, 5.41) is 12.7. The summed E-state index contributed by atoms with van der Waals surface area (Å²) >= 11 is 3.12. The van der Waals surface area contributed by atoms with Crippen molar-refractivity contribution in [2.24, 2.45) is 0 Å². The summed E-state index contributed by atoms with van der Waals surface area (Å²) in [7, 11) is 0. The van der Waals surface area contributed by atoms with E-state index in [1.165, 1.54) is 6.07 Å². The van der Waals surface area contributed by atoms with Gasteiger partial charge in [0, 0.05) is 4.47 Å². The van der Waals surface area contributed by atoms with E-state index in [1.54, 1.807) is 27.7 Å². The van der Waals surface area contributed by atoms with E-state index in [-0.39, 0.29) is 11.3 Å². The zero-order chi connectivity index (χ0) is 15.0. The van der Waals surface area contributed by atoms with Gasteiger partial charge in [0.15, 0.2) is 0 Å². The summed E-state index contributed by atoms with van der Waals surface area (Å²) in [5.41, 5.74) is 3.60. The molecule has 6 heteroatoms. The molecule has 0 fully saturated rings. The minimum absolute atomic E-state index is 0.102. The first-order chi connectivity index (χ1) is 8.45. The molecule has 0 bridgehead atoms.